The van der Waals surface area contributed by atoms with E-state index in [0.29, 0.717) is 6.54 Å². The molecule has 5 heteroatoms. The van der Waals surface area contributed by atoms with Crippen molar-refractivity contribution in [3.8, 4) is 0 Å². The van der Waals surface area contributed by atoms with Crippen molar-refractivity contribution in [3.63, 3.8) is 0 Å². The predicted octanol–water partition coefficient (Wildman–Crippen LogP) is 3.08. The van der Waals surface area contributed by atoms with Gasteiger partial charge in [0.2, 0.25) is 0 Å². The van der Waals surface area contributed by atoms with Crippen molar-refractivity contribution in [3.05, 3.63) is 65.5 Å². The molecule has 2 atom stereocenters. The number of hydrogen-bond donors (Lipinski definition) is 2. The summed E-state index contributed by atoms with van der Waals surface area (Å²) in [6, 6.07) is 13.1. The van der Waals surface area contributed by atoms with Crippen LogP contribution in [-0.2, 0) is 6.42 Å². The summed E-state index contributed by atoms with van der Waals surface area (Å²) in [6.07, 6.45) is 2.54. The number of aliphatic hydroxyl groups excluding tert-OH is 1. The fourth-order valence-electron chi connectivity index (χ4n) is 3.45. The molecular formula is C20H25N3O2. The lowest BCUT2D eigenvalue weighted by molar-refractivity contribution is 0.123. The molecule has 132 valence electrons. The number of nitrogens with one attached hydrogen (secondary N) is 1. The van der Waals surface area contributed by atoms with Gasteiger partial charge in [0.25, 0.3) is 0 Å². The molecule has 1 aliphatic rings. The maximum absolute atomic E-state index is 12.9. The Bertz CT molecular complexity index is 718. The summed E-state index contributed by atoms with van der Waals surface area (Å²) in [6.45, 7) is 4.64. The van der Waals surface area contributed by atoms with Crippen LogP contribution in [0.2, 0.25) is 0 Å². The third-order valence-corrected chi connectivity index (χ3v) is 4.80. The molecule has 1 aromatic heterocycles. The van der Waals surface area contributed by atoms with Crippen LogP contribution < -0.4 is 5.32 Å². The van der Waals surface area contributed by atoms with E-state index in [1.165, 1.54) is 5.56 Å². The zero-order valence-electron chi connectivity index (χ0n) is 14.7. The van der Waals surface area contributed by atoms with E-state index in [-0.39, 0.29) is 30.6 Å². The summed E-state index contributed by atoms with van der Waals surface area (Å²) in [5, 5.41) is 13.0. The van der Waals surface area contributed by atoms with Gasteiger partial charge in [0.1, 0.15) is 0 Å². The number of rotatable bonds is 4. The summed E-state index contributed by atoms with van der Waals surface area (Å²) in [4.78, 5) is 19.1. The van der Waals surface area contributed by atoms with Crippen molar-refractivity contribution in [2.45, 2.75) is 32.4 Å². The Morgan fingerprint density at radius 3 is 2.72 bits per heavy atom. The highest BCUT2D eigenvalue weighted by atomic mass is 16.3. The number of aromatic nitrogens is 1. The molecule has 0 radical (unpaired) electrons. The number of nitrogens with zero attached hydrogens (tertiary/aromatic N) is 2. The maximum atomic E-state index is 12.9. The molecule has 0 saturated carbocycles. The first kappa shape index (κ1) is 17.4. The number of carbonyl (C=O) groups excluding carboxylic acids is 1. The van der Waals surface area contributed by atoms with Crippen LogP contribution in [0.25, 0.3) is 0 Å². The first-order valence-corrected chi connectivity index (χ1v) is 8.78. The van der Waals surface area contributed by atoms with Crippen molar-refractivity contribution in [1.29, 1.82) is 0 Å². The highest BCUT2D eigenvalue weighted by Crippen LogP contribution is 2.30. The monoisotopic (exact) mass is 339 g/mol. The second kappa shape index (κ2) is 7.66. The summed E-state index contributed by atoms with van der Waals surface area (Å²) < 4.78 is 0. The van der Waals surface area contributed by atoms with Crippen molar-refractivity contribution in [2.75, 3.05) is 13.2 Å². The standard InChI is InChI=1S/C20H25N3O2/c1-14(2)19(17-9-5-6-11-21-17)22-20(25)23-12-10-15-7-3-4-8-16(15)18(23)13-24/h3-9,11,14,18-19,24H,10,12-13H2,1-2H3,(H,22,25)/t18-,19-/m0/s1. The van der Waals surface area contributed by atoms with Crippen LogP contribution in [0.3, 0.4) is 0 Å². The van der Waals surface area contributed by atoms with Gasteiger partial charge in [-0.3, -0.25) is 4.98 Å². The normalized spacial score (nSPS) is 17.9. The van der Waals surface area contributed by atoms with Gasteiger partial charge in [-0.2, -0.15) is 0 Å². The Balaban J connectivity index is 1.80. The zero-order chi connectivity index (χ0) is 17.8. The van der Waals surface area contributed by atoms with E-state index in [0.717, 1.165) is 17.7 Å². The Hall–Kier alpha value is -2.40. The SMILES string of the molecule is CC(C)[C@H](NC(=O)N1CCc2ccccc2[C@@H]1CO)c1ccccn1. The van der Waals surface area contributed by atoms with Gasteiger partial charge in [-0.05, 0) is 35.6 Å². The number of amides is 2. The second-order valence-electron chi connectivity index (χ2n) is 6.77. The van der Waals surface area contributed by atoms with Gasteiger partial charge in [-0.25, -0.2) is 4.79 Å². The number of aliphatic hydroxyl groups is 1. The van der Waals surface area contributed by atoms with Crippen molar-refractivity contribution >= 4 is 6.03 Å². The topological polar surface area (TPSA) is 65.5 Å². The molecule has 0 unspecified atom stereocenters. The summed E-state index contributed by atoms with van der Waals surface area (Å²) >= 11 is 0. The Kier molecular flexibility index (Phi) is 5.34. The van der Waals surface area contributed by atoms with Gasteiger partial charge in [-0.15, -0.1) is 0 Å². The van der Waals surface area contributed by atoms with E-state index >= 15 is 0 Å². The molecule has 3 rings (SSSR count). The lowest BCUT2D eigenvalue weighted by atomic mass is 9.93. The highest BCUT2D eigenvalue weighted by Gasteiger charge is 2.32. The molecule has 0 bridgehead atoms. The Labute approximate surface area is 148 Å². The number of pyridine rings is 1. The number of urea groups is 1. The first-order chi connectivity index (χ1) is 12.1. The van der Waals surface area contributed by atoms with Crippen LogP contribution in [-0.4, -0.2) is 34.2 Å². The average molecular weight is 339 g/mol. The van der Waals surface area contributed by atoms with Gasteiger partial charge in [0.15, 0.2) is 0 Å². The van der Waals surface area contributed by atoms with Gasteiger partial charge in [0, 0.05) is 12.7 Å². The number of hydrogen-bond acceptors (Lipinski definition) is 3. The van der Waals surface area contributed by atoms with Crippen LogP contribution in [0.15, 0.2) is 48.7 Å². The third-order valence-electron chi connectivity index (χ3n) is 4.80. The van der Waals surface area contributed by atoms with Gasteiger partial charge >= 0.3 is 6.03 Å². The molecule has 0 saturated heterocycles. The highest BCUT2D eigenvalue weighted by molar-refractivity contribution is 5.76. The number of benzene rings is 1. The van der Waals surface area contributed by atoms with Gasteiger partial charge in [0.05, 0.1) is 24.4 Å². The fraction of sp³-hybridized carbons (Fsp3) is 0.400. The quantitative estimate of drug-likeness (QED) is 0.900. The predicted molar refractivity (Wildman–Crippen MR) is 97.0 cm³/mol. The molecule has 2 amide bonds. The van der Waals surface area contributed by atoms with Crippen molar-refractivity contribution < 1.29 is 9.90 Å². The zero-order valence-corrected chi connectivity index (χ0v) is 14.7. The van der Waals surface area contributed by atoms with Crippen LogP contribution in [0.5, 0.6) is 0 Å². The van der Waals surface area contributed by atoms with E-state index in [2.05, 4.69) is 30.2 Å². The lowest BCUT2D eigenvalue weighted by Crippen LogP contribution is -2.48. The molecule has 0 spiro atoms. The van der Waals surface area contributed by atoms with Crippen LogP contribution in [0, 0.1) is 5.92 Å². The second-order valence-corrected chi connectivity index (χ2v) is 6.77. The number of fused-ring (bicyclic) bond motifs is 1. The van der Waals surface area contributed by atoms with Gasteiger partial charge in [-0.1, -0.05) is 44.2 Å². The molecule has 0 fully saturated rings. The molecule has 2 heterocycles. The maximum Gasteiger partial charge on any atom is 0.318 e. The first-order valence-electron chi connectivity index (χ1n) is 8.78. The minimum absolute atomic E-state index is 0.0830. The number of carbonyl (C=O) groups is 1. The molecule has 1 aromatic carbocycles. The van der Waals surface area contributed by atoms with Gasteiger partial charge < -0.3 is 15.3 Å². The molecule has 5 nitrogen and oxygen atoms in total. The van der Waals surface area contributed by atoms with E-state index in [9.17, 15) is 9.90 Å². The smallest absolute Gasteiger partial charge is 0.318 e. The lowest BCUT2D eigenvalue weighted by Gasteiger charge is -2.37. The minimum atomic E-state index is -0.304. The molecule has 1 aliphatic heterocycles. The Morgan fingerprint density at radius 2 is 2.04 bits per heavy atom. The average Bonchev–Trinajstić information content (AvgIpc) is 2.65. The third kappa shape index (κ3) is 3.66. The van der Waals surface area contributed by atoms with Crippen LogP contribution >= 0.6 is 0 Å². The van der Waals surface area contributed by atoms with Crippen LogP contribution in [0.4, 0.5) is 4.79 Å². The summed E-state index contributed by atoms with van der Waals surface area (Å²) in [5.41, 5.74) is 3.09. The largest absolute Gasteiger partial charge is 0.394 e. The van der Waals surface area contributed by atoms with E-state index in [4.69, 9.17) is 0 Å². The molecular weight excluding hydrogens is 314 g/mol. The van der Waals surface area contributed by atoms with Crippen LogP contribution in [0.1, 0.15) is 42.8 Å². The summed E-state index contributed by atoms with van der Waals surface area (Å²) in [7, 11) is 0. The fourth-order valence-corrected chi connectivity index (χ4v) is 3.45. The van der Waals surface area contributed by atoms with Crippen molar-refractivity contribution in [1.82, 2.24) is 15.2 Å². The molecule has 25 heavy (non-hydrogen) atoms. The van der Waals surface area contributed by atoms with E-state index in [1.54, 1.807) is 11.1 Å². The van der Waals surface area contributed by atoms with E-state index < -0.39 is 0 Å². The minimum Gasteiger partial charge on any atom is -0.394 e. The molecule has 2 aromatic rings. The Morgan fingerprint density at radius 1 is 1.28 bits per heavy atom. The molecule has 0 aliphatic carbocycles. The van der Waals surface area contributed by atoms with Crippen molar-refractivity contribution in [2.24, 2.45) is 5.92 Å². The summed E-state index contributed by atoms with van der Waals surface area (Å²) in [5.74, 6) is 0.212. The van der Waals surface area contributed by atoms with E-state index in [1.807, 2.05) is 36.4 Å². The molecule has 2 N–H and O–H groups in total.